The number of pyridine rings is 1. The van der Waals surface area contributed by atoms with Crippen molar-refractivity contribution in [1.82, 2.24) is 0 Å². The summed E-state index contributed by atoms with van der Waals surface area (Å²) in [6, 6.07) is 6.00. The van der Waals surface area contributed by atoms with Crippen molar-refractivity contribution in [2.45, 2.75) is 0 Å². The highest BCUT2D eigenvalue weighted by molar-refractivity contribution is 9.09. The first-order valence-corrected chi connectivity index (χ1v) is 4.24. The Hall–Kier alpha value is -0.150. The molecule has 1 heterocycles. The molecular weight excluding hydrogens is 270 g/mol. The number of nitrogens with zero attached hydrogens (tertiary/aromatic N) is 1. The molecule has 1 nitrogen and oxygen atoms in total. The van der Waals surface area contributed by atoms with E-state index in [2.05, 4.69) is 15.9 Å². The van der Waals surface area contributed by atoms with Crippen molar-refractivity contribution in [2.75, 3.05) is 5.33 Å². The zero-order chi connectivity index (χ0) is 7.23. The maximum Gasteiger partial charge on any atom is 0.174 e. The van der Waals surface area contributed by atoms with Crippen LogP contribution < -0.4 is 21.5 Å². The second kappa shape index (κ2) is 6.55. The van der Waals surface area contributed by atoms with E-state index in [1.165, 1.54) is 0 Å². The molecule has 0 aliphatic rings. The zero-order valence-corrected chi connectivity index (χ0v) is 9.12. The second-order valence-electron chi connectivity index (χ2n) is 1.86. The Morgan fingerprint density at radius 2 is 1.82 bits per heavy atom. The predicted molar refractivity (Wildman–Crippen MR) is 45.8 cm³/mol. The van der Waals surface area contributed by atoms with Gasteiger partial charge in [0.05, 0.1) is 0 Å². The minimum absolute atomic E-state index is 0. The molecule has 0 bridgehead atoms. The molecule has 1 aromatic heterocycles. The number of allylic oxidation sites excluding steroid dienone is 1. The highest BCUT2D eigenvalue weighted by Crippen LogP contribution is 1.81. The van der Waals surface area contributed by atoms with Crippen LogP contribution in [-0.2, 0) is 0 Å². The van der Waals surface area contributed by atoms with E-state index in [1.54, 1.807) is 0 Å². The van der Waals surface area contributed by atoms with Crippen LogP contribution in [0.5, 0.6) is 0 Å². The standard InChI is InChI=1S/C8H9BrN.BrH/c9-5-4-8-10-6-2-1-3-7-10;/h1-4,6-8H,5H2;1H/q+1;/p-1. The first kappa shape index (κ1) is 10.8. The molecule has 1 aromatic rings. The van der Waals surface area contributed by atoms with E-state index in [-0.39, 0.29) is 17.0 Å². The van der Waals surface area contributed by atoms with Gasteiger partial charge in [0.1, 0.15) is 0 Å². The molecule has 3 heteroatoms. The molecule has 0 unspecified atom stereocenters. The summed E-state index contributed by atoms with van der Waals surface area (Å²) < 4.78 is 2.00. The number of alkyl halides is 1. The highest BCUT2D eigenvalue weighted by Gasteiger charge is 1.86. The molecule has 0 saturated heterocycles. The molecule has 1 rings (SSSR count). The van der Waals surface area contributed by atoms with E-state index in [9.17, 15) is 0 Å². The van der Waals surface area contributed by atoms with Gasteiger partial charge in [-0.1, -0.05) is 22.0 Å². The fraction of sp³-hybridized carbons (Fsp3) is 0.125. The van der Waals surface area contributed by atoms with Gasteiger partial charge in [-0.25, -0.2) is 0 Å². The van der Waals surface area contributed by atoms with Crippen LogP contribution in [0, 0.1) is 0 Å². The third-order valence-electron chi connectivity index (χ3n) is 1.11. The van der Waals surface area contributed by atoms with Gasteiger partial charge in [0.15, 0.2) is 18.6 Å². The van der Waals surface area contributed by atoms with Crippen LogP contribution in [0.25, 0.3) is 6.20 Å². The lowest BCUT2D eigenvalue weighted by Crippen LogP contribution is -3.00. The van der Waals surface area contributed by atoms with Crippen molar-refractivity contribution in [1.29, 1.82) is 0 Å². The van der Waals surface area contributed by atoms with E-state index >= 15 is 0 Å². The van der Waals surface area contributed by atoms with Crippen molar-refractivity contribution in [3.63, 3.8) is 0 Å². The monoisotopic (exact) mass is 277 g/mol. The van der Waals surface area contributed by atoms with Crippen LogP contribution in [0.15, 0.2) is 36.7 Å². The molecule has 0 amide bonds. The number of rotatable bonds is 2. The largest absolute Gasteiger partial charge is 1.00 e. The molecule has 0 aromatic carbocycles. The Balaban J connectivity index is 0.000001000. The third-order valence-corrected chi connectivity index (χ3v) is 1.48. The number of hydrogen-bond donors (Lipinski definition) is 0. The smallest absolute Gasteiger partial charge is 0.174 e. The van der Waals surface area contributed by atoms with Gasteiger partial charge in [0, 0.05) is 17.5 Å². The number of halogens is 2. The molecule has 0 spiro atoms. The molecule has 0 atom stereocenters. The maximum absolute atomic E-state index is 3.31. The van der Waals surface area contributed by atoms with Crippen molar-refractivity contribution in [3.05, 3.63) is 36.7 Å². The van der Waals surface area contributed by atoms with Crippen LogP contribution >= 0.6 is 15.9 Å². The minimum atomic E-state index is 0. The van der Waals surface area contributed by atoms with Crippen LogP contribution in [0.1, 0.15) is 0 Å². The zero-order valence-electron chi connectivity index (χ0n) is 5.95. The number of aromatic nitrogens is 1. The van der Waals surface area contributed by atoms with E-state index < -0.39 is 0 Å². The maximum atomic E-state index is 3.31. The van der Waals surface area contributed by atoms with Gasteiger partial charge in [-0.3, -0.25) is 0 Å². The summed E-state index contributed by atoms with van der Waals surface area (Å²) in [7, 11) is 0. The van der Waals surface area contributed by atoms with E-state index in [4.69, 9.17) is 0 Å². The van der Waals surface area contributed by atoms with Gasteiger partial charge in [-0.2, -0.15) is 4.57 Å². The van der Waals surface area contributed by atoms with Gasteiger partial charge in [-0.15, -0.1) is 0 Å². The van der Waals surface area contributed by atoms with Gasteiger partial charge in [0.2, 0.25) is 0 Å². The fourth-order valence-corrected chi connectivity index (χ4v) is 0.840. The Morgan fingerprint density at radius 1 is 1.18 bits per heavy atom. The van der Waals surface area contributed by atoms with Crippen LogP contribution in [0.4, 0.5) is 0 Å². The van der Waals surface area contributed by atoms with E-state index in [0.29, 0.717) is 0 Å². The molecule has 0 fully saturated rings. The van der Waals surface area contributed by atoms with E-state index in [1.807, 2.05) is 47.4 Å². The summed E-state index contributed by atoms with van der Waals surface area (Å²) in [5, 5.41) is 0.898. The van der Waals surface area contributed by atoms with Crippen molar-refractivity contribution in [2.24, 2.45) is 0 Å². The number of hydrogen-bond acceptors (Lipinski definition) is 0. The van der Waals surface area contributed by atoms with Crippen LogP contribution in [0.2, 0.25) is 0 Å². The summed E-state index contributed by atoms with van der Waals surface area (Å²) in [4.78, 5) is 0. The first-order valence-electron chi connectivity index (χ1n) is 3.12. The molecule has 0 radical (unpaired) electrons. The predicted octanol–water partition coefficient (Wildman–Crippen LogP) is -1.16. The Kier molecular flexibility index (Phi) is 6.46. The topological polar surface area (TPSA) is 3.88 Å². The van der Waals surface area contributed by atoms with Crippen molar-refractivity contribution < 1.29 is 21.5 Å². The van der Waals surface area contributed by atoms with Gasteiger partial charge in [-0.05, 0) is 6.08 Å². The average molecular weight is 279 g/mol. The quantitative estimate of drug-likeness (QED) is 0.475. The van der Waals surface area contributed by atoms with E-state index in [0.717, 1.165) is 5.33 Å². The summed E-state index contributed by atoms with van der Waals surface area (Å²) in [5.74, 6) is 0. The molecule has 0 N–H and O–H groups in total. The van der Waals surface area contributed by atoms with Gasteiger partial charge in [0.25, 0.3) is 0 Å². The van der Waals surface area contributed by atoms with Crippen molar-refractivity contribution in [3.8, 4) is 0 Å². The van der Waals surface area contributed by atoms with Gasteiger partial charge >= 0.3 is 0 Å². The molecule has 0 aliphatic heterocycles. The van der Waals surface area contributed by atoms with Gasteiger partial charge < -0.3 is 17.0 Å². The second-order valence-corrected chi connectivity index (χ2v) is 2.51. The molecular formula is C8H9Br2N. The van der Waals surface area contributed by atoms with Crippen LogP contribution in [0.3, 0.4) is 0 Å². The van der Waals surface area contributed by atoms with Crippen molar-refractivity contribution >= 4 is 22.1 Å². The first-order chi connectivity index (χ1) is 4.93. The summed E-state index contributed by atoms with van der Waals surface area (Å²) in [6.07, 6.45) is 8.05. The molecule has 60 valence electrons. The normalized spacial score (nSPS) is 9.55. The fourth-order valence-electron chi connectivity index (χ4n) is 0.673. The Bertz CT molecular complexity index is 209. The average Bonchev–Trinajstić information content (AvgIpc) is 2.03. The molecule has 0 aliphatic carbocycles. The minimum Gasteiger partial charge on any atom is -1.00 e. The molecule has 11 heavy (non-hydrogen) atoms. The SMILES string of the molecule is BrCC=C[n+]1ccccc1.[Br-]. The summed E-state index contributed by atoms with van der Waals surface area (Å²) in [6.45, 7) is 0. The van der Waals surface area contributed by atoms with Crippen LogP contribution in [-0.4, -0.2) is 5.33 Å². The summed E-state index contributed by atoms with van der Waals surface area (Å²) in [5.41, 5.74) is 0. The summed E-state index contributed by atoms with van der Waals surface area (Å²) >= 11 is 3.31. The lowest BCUT2D eigenvalue weighted by Gasteiger charge is -1.82. The lowest BCUT2D eigenvalue weighted by atomic mass is 10.5. The Morgan fingerprint density at radius 3 is 2.36 bits per heavy atom. The highest BCUT2D eigenvalue weighted by atomic mass is 79.9. The third kappa shape index (κ3) is 4.32. The Labute approximate surface area is 85.6 Å². The lowest BCUT2D eigenvalue weighted by molar-refractivity contribution is -0.568. The molecule has 0 saturated carbocycles.